The van der Waals surface area contributed by atoms with Gasteiger partial charge in [-0.3, -0.25) is 9.78 Å². The number of Topliss-reactive ketones (excluding diaryl/α,β-unsaturated/α-hetero) is 1. The highest BCUT2D eigenvalue weighted by Gasteiger charge is 2.20. The molecule has 1 unspecified atom stereocenters. The van der Waals surface area contributed by atoms with E-state index in [1.54, 1.807) is 0 Å². The predicted octanol–water partition coefficient (Wildman–Crippen LogP) is 3.62. The fourth-order valence-electron chi connectivity index (χ4n) is 2.20. The van der Waals surface area contributed by atoms with Crippen LogP contribution in [0.2, 0.25) is 0 Å². The molecule has 0 aliphatic heterocycles. The number of pyridine rings is 1. The van der Waals surface area contributed by atoms with Crippen LogP contribution < -0.4 is 5.32 Å². The van der Waals surface area contributed by atoms with E-state index in [2.05, 4.69) is 22.4 Å². The zero-order valence-electron chi connectivity index (χ0n) is 13.7. The highest BCUT2D eigenvalue weighted by Crippen LogP contribution is 2.15. The van der Waals surface area contributed by atoms with E-state index < -0.39 is 0 Å². The summed E-state index contributed by atoms with van der Waals surface area (Å²) in [7, 11) is 1.83. The van der Waals surface area contributed by atoms with Gasteiger partial charge in [-0.1, -0.05) is 52.0 Å². The van der Waals surface area contributed by atoms with Gasteiger partial charge < -0.3 is 5.32 Å². The van der Waals surface area contributed by atoms with Crippen molar-refractivity contribution in [3.63, 3.8) is 0 Å². The van der Waals surface area contributed by atoms with Crippen LogP contribution >= 0.6 is 0 Å². The summed E-state index contributed by atoms with van der Waals surface area (Å²) in [6.07, 6.45) is 2.51. The van der Waals surface area contributed by atoms with Crippen molar-refractivity contribution in [3.8, 4) is 0 Å². The Morgan fingerprint density at radius 3 is 2.38 bits per heavy atom. The first-order chi connectivity index (χ1) is 10.1. The zero-order valence-corrected chi connectivity index (χ0v) is 13.7. The maximum Gasteiger partial charge on any atom is 0.152 e. The third kappa shape index (κ3) is 4.64. The fourth-order valence-corrected chi connectivity index (χ4v) is 2.20. The molecule has 0 bridgehead atoms. The molecule has 1 aromatic carbocycles. The lowest BCUT2D eigenvalue weighted by Gasteiger charge is -2.17. The molecule has 0 amide bonds. The van der Waals surface area contributed by atoms with Gasteiger partial charge in [0.25, 0.3) is 0 Å². The SMILES string of the molecule is CC.CNC(Cc1cc2ccccc2cn1)C(=O)C(C)C. The summed E-state index contributed by atoms with van der Waals surface area (Å²) in [5.74, 6) is 0.273. The summed E-state index contributed by atoms with van der Waals surface area (Å²) in [4.78, 5) is 16.5. The van der Waals surface area contributed by atoms with E-state index in [0.29, 0.717) is 6.42 Å². The van der Waals surface area contributed by atoms with E-state index in [4.69, 9.17) is 0 Å². The molecule has 21 heavy (non-hydrogen) atoms. The van der Waals surface area contributed by atoms with Crippen LogP contribution in [-0.2, 0) is 11.2 Å². The monoisotopic (exact) mass is 286 g/mol. The van der Waals surface area contributed by atoms with E-state index in [-0.39, 0.29) is 17.7 Å². The van der Waals surface area contributed by atoms with Crippen molar-refractivity contribution in [1.29, 1.82) is 0 Å². The second-order valence-electron chi connectivity index (χ2n) is 5.13. The second-order valence-corrected chi connectivity index (χ2v) is 5.13. The van der Waals surface area contributed by atoms with Crippen LogP contribution in [0.15, 0.2) is 36.5 Å². The Labute approximate surface area is 127 Å². The third-order valence-corrected chi connectivity index (χ3v) is 3.36. The van der Waals surface area contributed by atoms with Crippen molar-refractivity contribution in [2.75, 3.05) is 7.05 Å². The van der Waals surface area contributed by atoms with Gasteiger partial charge in [-0.05, 0) is 18.5 Å². The number of rotatable bonds is 5. The molecule has 0 radical (unpaired) electrons. The van der Waals surface area contributed by atoms with Crippen LogP contribution in [0.5, 0.6) is 0 Å². The van der Waals surface area contributed by atoms with Gasteiger partial charge in [0.2, 0.25) is 0 Å². The Bertz CT molecular complexity index is 578. The van der Waals surface area contributed by atoms with Crippen molar-refractivity contribution >= 4 is 16.6 Å². The number of carbonyl (C=O) groups is 1. The minimum Gasteiger partial charge on any atom is -0.310 e. The van der Waals surface area contributed by atoms with Gasteiger partial charge in [0.05, 0.1) is 6.04 Å². The average Bonchev–Trinajstić information content (AvgIpc) is 2.53. The van der Waals surface area contributed by atoms with E-state index in [9.17, 15) is 4.79 Å². The molecule has 114 valence electrons. The Hall–Kier alpha value is -1.74. The standard InChI is InChI=1S/C16H20N2O.C2H6/c1-11(2)16(19)15(17-3)9-14-8-12-6-4-5-7-13(12)10-18-14;1-2/h4-8,10-11,15,17H,9H2,1-3H3;1-2H3. The molecule has 0 saturated heterocycles. The van der Waals surface area contributed by atoms with Crippen LogP contribution in [-0.4, -0.2) is 23.9 Å². The van der Waals surface area contributed by atoms with Gasteiger partial charge in [0, 0.05) is 29.6 Å². The number of ketones is 1. The molecule has 1 atom stereocenters. The fraction of sp³-hybridized carbons (Fsp3) is 0.444. The van der Waals surface area contributed by atoms with Gasteiger partial charge in [-0.2, -0.15) is 0 Å². The number of carbonyl (C=O) groups excluding carboxylic acids is 1. The number of nitrogens with zero attached hydrogens (tertiary/aromatic N) is 1. The van der Waals surface area contributed by atoms with Crippen LogP contribution in [0.1, 0.15) is 33.4 Å². The van der Waals surface area contributed by atoms with E-state index >= 15 is 0 Å². The normalized spacial score (nSPS) is 11.9. The number of benzene rings is 1. The molecular weight excluding hydrogens is 260 g/mol. The van der Waals surface area contributed by atoms with Gasteiger partial charge in [-0.15, -0.1) is 0 Å². The van der Waals surface area contributed by atoms with Crippen molar-refractivity contribution in [3.05, 3.63) is 42.2 Å². The third-order valence-electron chi connectivity index (χ3n) is 3.36. The van der Waals surface area contributed by atoms with E-state index in [1.165, 1.54) is 5.39 Å². The smallest absolute Gasteiger partial charge is 0.152 e. The molecule has 0 spiro atoms. The molecule has 2 aromatic rings. The highest BCUT2D eigenvalue weighted by molar-refractivity contribution is 5.86. The predicted molar refractivity (Wildman–Crippen MR) is 89.5 cm³/mol. The Morgan fingerprint density at radius 2 is 1.81 bits per heavy atom. The summed E-state index contributed by atoms with van der Waals surface area (Å²) in [5, 5.41) is 5.38. The first-order valence-corrected chi connectivity index (χ1v) is 7.66. The number of likely N-dealkylation sites (N-methyl/N-ethyl adjacent to an activating group) is 1. The number of hydrogen-bond acceptors (Lipinski definition) is 3. The summed E-state index contributed by atoms with van der Waals surface area (Å²) < 4.78 is 0. The van der Waals surface area contributed by atoms with Gasteiger partial charge in [-0.25, -0.2) is 0 Å². The number of fused-ring (bicyclic) bond motifs is 1. The molecule has 2 rings (SSSR count). The van der Waals surface area contributed by atoms with E-state index in [1.807, 2.05) is 59.1 Å². The summed E-state index contributed by atoms with van der Waals surface area (Å²) in [6.45, 7) is 7.86. The first kappa shape index (κ1) is 17.3. The minimum absolute atomic E-state index is 0.0397. The molecule has 0 aliphatic rings. The van der Waals surface area contributed by atoms with Crippen LogP contribution in [0.25, 0.3) is 10.8 Å². The van der Waals surface area contributed by atoms with Crippen LogP contribution in [0, 0.1) is 5.92 Å². The molecule has 0 fully saturated rings. The lowest BCUT2D eigenvalue weighted by atomic mass is 9.97. The van der Waals surface area contributed by atoms with Crippen LogP contribution in [0.3, 0.4) is 0 Å². The molecule has 1 N–H and O–H groups in total. The minimum atomic E-state index is -0.159. The Balaban J connectivity index is 0.00000106. The number of aromatic nitrogens is 1. The summed E-state index contributed by atoms with van der Waals surface area (Å²) in [6, 6.07) is 10.0. The summed E-state index contributed by atoms with van der Waals surface area (Å²) >= 11 is 0. The Kier molecular flexibility index (Phi) is 7.03. The van der Waals surface area contributed by atoms with Crippen molar-refractivity contribution in [1.82, 2.24) is 10.3 Å². The van der Waals surface area contributed by atoms with Crippen molar-refractivity contribution in [2.24, 2.45) is 5.92 Å². The molecule has 1 aromatic heterocycles. The lowest BCUT2D eigenvalue weighted by Crippen LogP contribution is -2.38. The zero-order chi connectivity index (χ0) is 15.8. The number of nitrogens with one attached hydrogen (secondary N) is 1. The largest absolute Gasteiger partial charge is 0.310 e. The quantitative estimate of drug-likeness (QED) is 0.913. The molecule has 1 heterocycles. The molecule has 0 saturated carbocycles. The molecule has 0 aliphatic carbocycles. The van der Waals surface area contributed by atoms with Gasteiger partial charge in [0.15, 0.2) is 5.78 Å². The van der Waals surface area contributed by atoms with Gasteiger partial charge >= 0.3 is 0 Å². The average molecular weight is 286 g/mol. The molecular formula is C18H26N2O. The topological polar surface area (TPSA) is 42.0 Å². The second kappa shape index (κ2) is 8.53. The number of hydrogen-bond donors (Lipinski definition) is 1. The molecule has 3 heteroatoms. The Morgan fingerprint density at radius 1 is 1.19 bits per heavy atom. The van der Waals surface area contributed by atoms with Crippen molar-refractivity contribution < 1.29 is 4.79 Å². The summed E-state index contributed by atoms with van der Waals surface area (Å²) in [5.41, 5.74) is 0.951. The maximum absolute atomic E-state index is 12.1. The lowest BCUT2D eigenvalue weighted by molar-refractivity contribution is -0.123. The van der Waals surface area contributed by atoms with Crippen LogP contribution in [0.4, 0.5) is 0 Å². The molecule has 3 nitrogen and oxygen atoms in total. The van der Waals surface area contributed by atoms with Crippen molar-refractivity contribution in [2.45, 2.75) is 40.2 Å². The highest BCUT2D eigenvalue weighted by atomic mass is 16.1. The van der Waals surface area contributed by atoms with E-state index in [0.717, 1.165) is 11.1 Å². The first-order valence-electron chi connectivity index (χ1n) is 7.66. The van der Waals surface area contributed by atoms with Gasteiger partial charge in [0.1, 0.15) is 0 Å². The maximum atomic E-state index is 12.1.